The summed E-state index contributed by atoms with van der Waals surface area (Å²) in [5.74, 6) is -2.37. The van der Waals surface area contributed by atoms with Crippen LogP contribution in [0.4, 0.5) is 5.69 Å². The summed E-state index contributed by atoms with van der Waals surface area (Å²) in [5.41, 5.74) is 0.633. The number of rotatable bonds is 9. The number of likely N-dealkylation sites (tertiary alicyclic amines) is 1. The molecule has 1 spiro atoms. The minimum Gasteiger partial charge on any atom is -0.461 e. The zero-order valence-electron chi connectivity index (χ0n) is 20.0. The maximum absolute atomic E-state index is 14.3. The largest absolute Gasteiger partial charge is 0.461 e. The number of halogens is 1. The summed E-state index contributed by atoms with van der Waals surface area (Å²) < 4.78 is 4.10. The van der Waals surface area contributed by atoms with E-state index >= 15 is 0 Å². The number of carbonyl (C=O) groups excluding carboxylic acids is 3. The van der Waals surface area contributed by atoms with Crippen molar-refractivity contribution in [1.29, 1.82) is 0 Å². The maximum Gasteiger partial charge on any atom is 0.311 e. The average Bonchev–Trinajstić information content (AvgIpc) is 3.41. The molecule has 188 valence electrons. The molecule has 35 heavy (non-hydrogen) atoms. The first-order valence-corrected chi connectivity index (χ1v) is 12.9. The van der Waals surface area contributed by atoms with E-state index in [-0.39, 0.29) is 31.6 Å². The van der Waals surface area contributed by atoms with Crippen molar-refractivity contribution in [3.05, 3.63) is 54.6 Å². The van der Waals surface area contributed by atoms with Gasteiger partial charge < -0.3 is 19.6 Å². The van der Waals surface area contributed by atoms with Gasteiger partial charge in [-0.3, -0.25) is 14.4 Å². The van der Waals surface area contributed by atoms with Crippen LogP contribution >= 0.6 is 23.4 Å². The molecule has 1 N–H and O–H groups in total. The minimum atomic E-state index is -0.846. The molecule has 6 atom stereocenters. The van der Waals surface area contributed by atoms with Gasteiger partial charge in [-0.1, -0.05) is 30.3 Å². The summed E-state index contributed by atoms with van der Waals surface area (Å²) >= 11 is 7.63. The van der Waals surface area contributed by atoms with Crippen molar-refractivity contribution in [1.82, 2.24) is 4.90 Å². The number of fused-ring (bicyclic) bond motifs is 1. The van der Waals surface area contributed by atoms with E-state index in [0.717, 1.165) is 0 Å². The second-order valence-electron chi connectivity index (χ2n) is 9.64. The molecule has 0 aliphatic carbocycles. The maximum atomic E-state index is 14.3. The molecule has 3 saturated heterocycles. The van der Waals surface area contributed by atoms with Gasteiger partial charge in [-0.05, 0) is 51.0 Å². The topological polar surface area (TPSA) is 87.1 Å². The highest BCUT2D eigenvalue weighted by Crippen LogP contribution is 2.71. The molecule has 0 aromatic heterocycles. The second kappa shape index (κ2) is 9.64. The number of nitrogens with zero attached hydrogens (tertiary/aromatic N) is 2. The normalized spacial score (nSPS) is 31.7. The number of aliphatic hydroxyl groups excluding tert-OH is 1. The molecule has 1 aromatic carbocycles. The summed E-state index contributed by atoms with van der Waals surface area (Å²) in [4.78, 5) is 44.5. The molecule has 3 aliphatic rings. The molecular weight excluding hydrogens is 488 g/mol. The molecule has 0 saturated carbocycles. The monoisotopic (exact) mass is 518 g/mol. The molecule has 3 aliphatic heterocycles. The smallest absolute Gasteiger partial charge is 0.311 e. The van der Waals surface area contributed by atoms with Gasteiger partial charge in [0.05, 0.1) is 29.2 Å². The van der Waals surface area contributed by atoms with Crippen LogP contribution in [0.5, 0.6) is 0 Å². The molecule has 0 radical (unpaired) electrons. The number of ether oxygens (including phenoxy) is 1. The molecule has 2 amide bonds. The van der Waals surface area contributed by atoms with Crippen LogP contribution in [-0.4, -0.2) is 69.1 Å². The van der Waals surface area contributed by atoms with Crippen LogP contribution in [0.1, 0.15) is 26.7 Å². The van der Waals surface area contributed by atoms with Gasteiger partial charge in [0.1, 0.15) is 12.6 Å². The molecule has 4 rings (SSSR count). The SMILES string of the molecule is C=CCOC(=O)[C@@H]1[C@H]2C(=O)N([C@H](C)CO)C(C(=O)N(CC=C)c3ccc(Cl)cc3)C23CC[C@@]1(C)S3. The van der Waals surface area contributed by atoms with Crippen molar-refractivity contribution in [2.24, 2.45) is 11.8 Å². The third-order valence-corrected chi connectivity index (χ3v) is 9.74. The van der Waals surface area contributed by atoms with Crippen LogP contribution in [-0.2, 0) is 19.1 Å². The Morgan fingerprint density at radius 1 is 1.31 bits per heavy atom. The summed E-state index contributed by atoms with van der Waals surface area (Å²) in [5, 5.41) is 10.6. The van der Waals surface area contributed by atoms with Crippen molar-refractivity contribution >= 4 is 46.8 Å². The van der Waals surface area contributed by atoms with E-state index < -0.39 is 39.4 Å². The average molecular weight is 519 g/mol. The quantitative estimate of drug-likeness (QED) is 0.398. The number of esters is 1. The number of anilines is 1. The van der Waals surface area contributed by atoms with Crippen LogP contribution < -0.4 is 4.90 Å². The Morgan fingerprint density at radius 3 is 2.60 bits per heavy atom. The number of thioether (sulfide) groups is 1. The van der Waals surface area contributed by atoms with E-state index in [1.807, 2.05) is 6.92 Å². The van der Waals surface area contributed by atoms with Crippen molar-refractivity contribution in [3.8, 4) is 0 Å². The van der Waals surface area contributed by atoms with Crippen LogP contribution in [0.3, 0.4) is 0 Å². The number of hydrogen-bond acceptors (Lipinski definition) is 6. The highest BCUT2D eigenvalue weighted by Gasteiger charge is 2.78. The zero-order chi connectivity index (χ0) is 25.5. The third-order valence-electron chi connectivity index (χ3n) is 7.50. The van der Waals surface area contributed by atoms with Gasteiger partial charge in [0.25, 0.3) is 5.91 Å². The zero-order valence-corrected chi connectivity index (χ0v) is 21.6. The number of hydrogen-bond donors (Lipinski definition) is 1. The van der Waals surface area contributed by atoms with Crippen molar-refractivity contribution in [3.63, 3.8) is 0 Å². The fourth-order valence-electron chi connectivity index (χ4n) is 6.01. The molecule has 3 heterocycles. The Morgan fingerprint density at radius 2 is 2.00 bits per heavy atom. The highest BCUT2D eigenvalue weighted by atomic mass is 35.5. The molecular formula is C26H31ClN2O5S. The lowest BCUT2D eigenvalue weighted by molar-refractivity contribution is -0.155. The number of amides is 2. The van der Waals surface area contributed by atoms with E-state index in [2.05, 4.69) is 13.2 Å². The van der Waals surface area contributed by atoms with Crippen molar-refractivity contribution in [2.45, 2.75) is 48.3 Å². The van der Waals surface area contributed by atoms with E-state index in [0.29, 0.717) is 23.6 Å². The second-order valence-corrected chi connectivity index (χ2v) is 12.0. The fourth-order valence-corrected chi connectivity index (χ4v) is 8.47. The molecule has 3 fully saturated rings. The van der Waals surface area contributed by atoms with E-state index in [9.17, 15) is 19.5 Å². The van der Waals surface area contributed by atoms with Gasteiger partial charge in [-0.15, -0.1) is 18.3 Å². The van der Waals surface area contributed by atoms with Gasteiger partial charge in [0.15, 0.2) is 0 Å². The Kier molecular flexibility index (Phi) is 7.10. The van der Waals surface area contributed by atoms with Gasteiger partial charge in [-0.2, -0.15) is 0 Å². The fraction of sp³-hybridized carbons (Fsp3) is 0.500. The van der Waals surface area contributed by atoms with E-state index in [1.54, 1.807) is 53.9 Å². The van der Waals surface area contributed by atoms with Gasteiger partial charge in [-0.25, -0.2) is 0 Å². The van der Waals surface area contributed by atoms with E-state index in [4.69, 9.17) is 16.3 Å². The molecule has 7 nitrogen and oxygen atoms in total. The molecule has 2 unspecified atom stereocenters. The minimum absolute atomic E-state index is 0.0623. The van der Waals surface area contributed by atoms with Crippen molar-refractivity contribution < 1.29 is 24.2 Å². The summed E-state index contributed by atoms with van der Waals surface area (Å²) in [6.45, 7) is 11.1. The Balaban J connectivity index is 1.80. The molecule has 1 aromatic rings. The third kappa shape index (κ3) is 3.99. The van der Waals surface area contributed by atoms with Crippen LogP contribution in [0, 0.1) is 11.8 Å². The van der Waals surface area contributed by atoms with Crippen molar-refractivity contribution in [2.75, 3.05) is 24.7 Å². The Hall–Kier alpha value is -2.29. The summed E-state index contributed by atoms with van der Waals surface area (Å²) in [7, 11) is 0. The van der Waals surface area contributed by atoms with Gasteiger partial charge in [0, 0.05) is 22.0 Å². The van der Waals surface area contributed by atoms with Crippen LogP contribution in [0.2, 0.25) is 5.02 Å². The van der Waals surface area contributed by atoms with Gasteiger partial charge >= 0.3 is 5.97 Å². The molecule has 9 heteroatoms. The first kappa shape index (κ1) is 25.8. The number of aliphatic hydroxyl groups is 1. The van der Waals surface area contributed by atoms with E-state index in [1.165, 1.54) is 11.0 Å². The summed E-state index contributed by atoms with van der Waals surface area (Å²) in [6.07, 6.45) is 4.43. The van der Waals surface area contributed by atoms with Gasteiger partial charge in [0.2, 0.25) is 5.91 Å². The lowest BCUT2D eigenvalue weighted by atomic mass is 9.66. The number of benzene rings is 1. The predicted octanol–water partition coefficient (Wildman–Crippen LogP) is 3.45. The predicted molar refractivity (Wildman–Crippen MR) is 137 cm³/mol. The first-order valence-electron chi connectivity index (χ1n) is 11.7. The lowest BCUT2D eigenvalue weighted by Gasteiger charge is -2.38. The molecule has 2 bridgehead atoms. The standard InChI is InChI=1S/C26H31ClN2O5S/c1-5-13-28(18-9-7-17(27)8-10-18)23(32)21-26-12-11-25(4,35-26)20(24(33)34-14-6-2)19(26)22(31)29(21)16(3)15-30/h5-10,16,19-21,30H,1-2,11-15H2,3-4H3/t16-,19+,20+,21?,25-,26?/m1/s1. The summed E-state index contributed by atoms with van der Waals surface area (Å²) in [6, 6.07) is 5.48. The Labute approximate surface area is 215 Å². The number of carbonyl (C=O) groups is 3. The van der Waals surface area contributed by atoms with Crippen LogP contribution in [0.15, 0.2) is 49.6 Å². The van der Waals surface area contributed by atoms with Crippen LogP contribution in [0.25, 0.3) is 0 Å². The highest BCUT2D eigenvalue weighted by molar-refractivity contribution is 8.02. The Bertz CT molecular complexity index is 1050. The lowest BCUT2D eigenvalue weighted by Crippen LogP contribution is -2.57. The first-order chi connectivity index (χ1) is 16.6.